The van der Waals surface area contributed by atoms with Crippen LogP contribution in [0.2, 0.25) is 0 Å². The van der Waals surface area contributed by atoms with Crippen molar-refractivity contribution in [2.75, 3.05) is 13.7 Å². The first-order valence-corrected chi connectivity index (χ1v) is 5.36. The molecule has 0 fully saturated rings. The van der Waals surface area contributed by atoms with Gasteiger partial charge in [0.15, 0.2) is 11.5 Å². The number of aromatic hydroxyl groups is 1. The second-order valence-corrected chi connectivity index (χ2v) is 3.72. The number of benzene rings is 1. The van der Waals surface area contributed by atoms with E-state index in [1.54, 1.807) is 18.2 Å². The number of methoxy groups -OCH3 is 1. The van der Waals surface area contributed by atoms with Crippen LogP contribution in [-0.2, 0) is 11.2 Å². The number of hydrogen-bond acceptors (Lipinski definition) is 4. The highest BCUT2D eigenvalue weighted by molar-refractivity contribution is 5.79. The molecule has 1 aromatic rings. The summed E-state index contributed by atoms with van der Waals surface area (Å²) in [6, 6.07) is 5.01. The Bertz CT molecular complexity index is 390. The molecule has 94 valence electrons. The molecule has 0 spiro atoms. The summed E-state index contributed by atoms with van der Waals surface area (Å²) in [5.41, 5.74) is 0.936. The van der Waals surface area contributed by atoms with Crippen molar-refractivity contribution in [1.29, 1.82) is 0 Å². The zero-order chi connectivity index (χ0) is 12.8. The zero-order valence-electron chi connectivity index (χ0n) is 9.93. The number of aliphatic hydroxyl groups is 1. The quantitative estimate of drug-likeness (QED) is 0.696. The number of ether oxygens (including phenoxy) is 1. The van der Waals surface area contributed by atoms with Gasteiger partial charge in [0, 0.05) is 6.54 Å². The third kappa shape index (κ3) is 3.96. The molecule has 1 atom stereocenters. The van der Waals surface area contributed by atoms with Crippen molar-refractivity contribution in [3.8, 4) is 11.5 Å². The number of phenols is 1. The van der Waals surface area contributed by atoms with Gasteiger partial charge in [-0.1, -0.05) is 6.07 Å². The SMILES string of the molecule is COc1cc(CCNC(=O)C(C)O)ccc1O. The zero-order valence-corrected chi connectivity index (χ0v) is 9.93. The second-order valence-electron chi connectivity index (χ2n) is 3.72. The molecular formula is C12H17NO4. The van der Waals surface area contributed by atoms with E-state index in [1.165, 1.54) is 14.0 Å². The molecule has 0 bridgehead atoms. The van der Waals surface area contributed by atoms with Crippen molar-refractivity contribution >= 4 is 5.91 Å². The minimum Gasteiger partial charge on any atom is -0.504 e. The molecule has 1 amide bonds. The molecule has 1 rings (SSSR count). The summed E-state index contributed by atoms with van der Waals surface area (Å²) in [4.78, 5) is 11.1. The van der Waals surface area contributed by atoms with Gasteiger partial charge in [0.1, 0.15) is 6.10 Å². The fourth-order valence-electron chi connectivity index (χ4n) is 1.36. The Morgan fingerprint density at radius 2 is 2.24 bits per heavy atom. The molecule has 17 heavy (non-hydrogen) atoms. The number of nitrogens with one attached hydrogen (secondary N) is 1. The largest absolute Gasteiger partial charge is 0.504 e. The number of carbonyl (C=O) groups is 1. The Hall–Kier alpha value is -1.75. The molecule has 5 heteroatoms. The number of amides is 1. The maximum atomic E-state index is 11.1. The highest BCUT2D eigenvalue weighted by atomic mass is 16.5. The first kappa shape index (κ1) is 13.3. The molecular weight excluding hydrogens is 222 g/mol. The lowest BCUT2D eigenvalue weighted by Crippen LogP contribution is -2.33. The molecule has 0 saturated carbocycles. The summed E-state index contributed by atoms with van der Waals surface area (Å²) in [6.07, 6.45) is -0.390. The average molecular weight is 239 g/mol. The Balaban J connectivity index is 2.50. The minimum atomic E-state index is -0.996. The van der Waals surface area contributed by atoms with Gasteiger partial charge in [-0.25, -0.2) is 0 Å². The van der Waals surface area contributed by atoms with Gasteiger partial charge in [-0.15, -0.1) is 0 Å². The molecule has 0 saturated heterocycles. The maximum absolute atomic E-state index is 11.1. The van der Waals surface area contributed by atoms with Crippen LogP contribution in [0.3, 0.4) is 0 Å². The third-order valence-electron chi connectivity index (χ3n) is 2.34. The summed E-state index contributed by atoms with van der Waals surface area (Å²) in [7, 11) is 1.48. The fraction of sp³-hybridized carbons (Fsp3) is 0.417. The van der Waals surface area contributed by atoms with E-state index in [-0.39, 0.29) is 5.75 Å². The lowest BCUT2D eigenvalue weighted by molar-refractivity contribution is -0.128. The van der Waals surface area contributed by atoms with Crippen molar-refractivity contribution in [2.24, 2.45) is 0 Å². The van der Waals surface area contributed by atoms with Crippen molar-refractivity contribution < 1.29 is 19.7 Å². The molecule has 0 aromatic heterocycles. The Labute approximate surface area is 100 Å². The topological polar surface area (TPSA) is 78.8 Å². The Morgan fingerprint density at radius 1 is 1.53 bits per heavy atom. The predicted octanol–water partition coefficient (Wildman–Crippen LogP) is 0.440. The van der Waals surface area contributed by atoms with E-state index < -0.39 is 12.0 Å². The van der Waals surface area contributed by atoms with Gasteiger partial charge in [-0.3, -0.25) is 4.79 Å². The van der Waals surface area contributed by atoms with Gasteiger partial charge in [0.25, 0.3) is 0 Å². The van der Waals surface area contributed by atoms with Crippen LogP contribution in [-0.4, -0.2) is 35.9 Å². The van der Waals surface area contributed by atoms with Crippen LogP contribution in [0.15, 0.2) is 18.2 Å². The van der Waals surface area contributed by atoms with E-state index in [0.29, 0.717) is 18.7 Å². The highest BCUT2D eigenvalue weighted by Crippen LogP contribution is 2.26. The van der Waals surface area contributed by atoms with Crippen LogP contribution >= 0.6 is 0 Å². The number of aliphatic hydroxyl groups excluding tert-OH is 1. The summed E-state index contributed by atoms with van der Waals surface area (Å²) < 4.78 is 4.97. The summed E-state index contributed by atoms with van der Waals surface area (Å²) in [6.45, 7) is 1.84. The Kier molecular flexibility index (Phi) is 4.78. The van der Waals surface area contributed by atoms with E-state index >= 15 is 0 Å². The van der Waals surface area contributed by atoms with Crippen molar-refractivity contribution in [3.05, 3.63) is 23.8 Å². The molecule has 0 radical (unpaired) electrons. The van der Waals surface area contributed by atoms with Gasteiger partial charge < -0.3 is 20.3 Å². The van der Waals surface area contributed by atoms with Crippen molar-refractivity contribution in [1.82, 2.24) is 5.32 Å². The van der Waals surface area contributed by atoms with Gasteiger partial charge in [0.05, 0.1) is 7.11 Å². The van der Waals surface area contributed by atoms with E-state index in [0.717, 1.165) is 5.56 Å². The normalized spacial score (nSPS) is 11.9. The summed E-state index contributed by atoms with van der Waals surface area (Å²) >= 11 is 0. The average Bonchev–Trinajstić information content (AvgIpc) is 2.31. The van der Waals surface area contributed by atoms with E-state index in [4.69, 9.17) is 9.84 Å². The maximum Gasteiger partial charge on any atom is 0.248 e. The number of phenolic OH excluding ortho intramolecular Hbond substituents is 1. The first-order valence-electron chi connectivity index (χ1n) is 5.36. The number of hydrogen-bond donors (Lipinski definition) is 3. The Morgan fingerprint density at radius 3 is 2.82 bits per heavy atom. The second kappa shape index (κ2) is 6.10. The van der Waals surface area contributed by atoms with Crippen LogP contribution in [0.1, 0.15) is 12.5 Å². The standard InChI is InChI=1S/C12H17NO4/c1-8(14)12(16)13-6-5-9-3-4-10(15)11(7-9)17-2/h3-4,7-8,14-15H,5-6H2,1-2H3,(H,13,16). The minimum absolute atomic E-state index is 0.0873. The van der Waals surface area contributed by atoms with E-state index in [9.17, 15) is 9.90 Å². The molecule has 1 aromatic carbocycles. The van der Waals surface area contributed by atoms with Crippen LogP contribution in [0.5, 0.6) is 11.5 Å². The molecule has 5 nitrogen and oxygen atoms in total. The van der Waals surface area contributed by atoms with Gasteiger partial charge in [-0.05, 0) is 31.0 Å². The summed E-state index contributed by atoms with van der Waals surface area (Å²) in [5.74, 6) is 0.101. The monoisotopic (exact) mass is 239 g/mol. The molecule has 0 heterocycles. The van der Waals surface area contributed by atoms with E-state index in [1.807, 2.05) is 0 Å². The smallest absolute Gasteiger partial charge is 0.248 e. The van der Waals surface area contributed by atoms with Gasteiger partial charge >= 0.3 is 0 Å². The van der Waals surface area contributed by atoms with Crippen molar-refractivity contribution in [3.63, 3.8) is 0 Å². The summed E-state index contributed by atoms with van der Waals surface area (Å²) in [5, 5.41) is 21.0. The number of rotatable bonds is 5. The van der Waals surface area contributed by atoms with Gasteiger partial charge in [-0.2, -0.15) is 0 Å². The predicted molar refractivity (Wildman–Crippen MR) is 63.1 cm³/mol. The van der Waals surface area contributed by atoms with Crippen LogP contribution in [0, 0.1) is 0 Å². The fourth-order valence-corrected chi connectivity index (χ4v) is 1.36. The lowest BCUT2D eigenvalue weighted by atomic mass is 10.1. The van der Waals surface area contributed by atoms with Crippen LogP contribution in [0.4, 0.5) is 0 Å². The molecule has 0 aliphatic heterocycles. The van der Waals surface area contributed by atoms with Gasteiger partial charge in [0.2, 0.25) is 5.91 Å². The highest BCUT2D eigenvalue weighted by Gasteiger charge is 2.07. The molecule has 0 aliphatic rings. The van der Waals surface area contributed by atoms with Crippen LogP contribution in [0.25, 0.3) is 0 Å². The third-order valence-corrected chi connectivity index (χ3v) is 2.34. The lowest BCUT2D eigenvalue weighted by Gasteiger charge is -2.08. The van der Waals surface area contributed by atoms with Crippen LogP contribution < -0.4 is 10.1 Å². The number of carbonyl (C=O) groups excluding carboxylic acids is 1. The van der Waals surface area contributed by atoms with Crippen molar-refractivity contribution in [2.45, 2.75) is 19.4 Å². The molecule has 3 N–H and O–H groups in total. The van der Waals surface area contributed by atoms with E-state index in [2.05, 4.69) is 5.32 Å². The molecule has 0 aliphatic carbocycles. The molecule has 1 unspecified atom stereocenters. The first-order chi connectivity index (χ1) is 8.04.